The normalized spacial score (nSPS) is 20.2. The van der Waals surface area contributed by atoms with Crippen molar-refractivity contribution < 1.29 is 14.7 Å². The minimum atomic E-state index is -0.990. The summed E-state index contributed by atoms with van der Waals surface area (Å²) in [5, 5.41) is 11.9. The van der Waals surface area contributed by atoms with E-state index in [1.807, 2.05) is 20.8 Å². The molecule has 0 bridgehead atoms. The summed E-state index contributed by atoms with van der Waals surface area (Å²) < 4.78 is 0. The zero-order valence-corrected chi connectivity index (χ0v) is 12.9. The van der Waals surface area contributed by atoms with Crippen molar-refractivity contribution in [3.05, 3.63) is 0 Å². The second kappa shape index (κ2) is 6.57. The van der Waals surface area contributed by atoms with Gasteiger partial charge in [0, 0.05) is 6.42 Å². The van der Waals surface area contributed by atoms with Gasteiger partial charge in [0.05, 0.1) is 0 Å². The molecule has 1 aliphatic rings. The fourth-order valence-electron chi connectivity index (χ4n) is 2.96. The number of carboxylic acids is 1. The van der Waals surface area contributed by atoms with Gasteiger partial charge in [0.2, 0.25) is 5.91 Å². The van der Waals surface area contributed by atoms with Crippen LogP contribution in [0.3, 0.4) is 0 Å². The molecule has 4 N–H and O–H groups in total. The van der Waals surface area contributed by atoms with Crippen LogP contribution in [0.25, 0.3) is 0 Å². The lowest BCUT2D eigenvalue weighted by molar-refractivity contribution is -0.145. The average molecular weight is 284 g/mol. The number of nitrogens with one attached hydrogen (secondary N) is 1. The Kier molecular flexibility index (Phi) is 5.57. The molecule has 0 radical (unpaired) electrons. The monoisotopic (exact) mass is 284 g/mol. The summed E-state index contributed by atoms with van der Waals surface area (Å²) in [5.41, 5.74) is 5.22. The first kappa shape index (κ1) is 17.0. The fourth-order valence-corrected chi connectivity index (χ4v) is 2.96. The molecular formula is C15H28N2O3. The summed E-state index contributed by atoms with van der Waals surface area (Å²) in [4.78, 5) is 23.5. The molecule has 20 heavy (non-hydrogen) atoms. The van der Waals surface area contributed by atoms with E-state index in [0.717, 1.165) is 25.7 Å². The number of rotatable bonds is 5. The molecule has 0 spiro atoms. The Morgan fingerprint density at radius 3 is 2.20 bits per heavy atom. The molecule has 0 aromatic rings. The lowest BCUT2D eigenvalue weighted by Crippen LogP contribution is -2.50. The summed E-state index contributed by atoms with van der Waals surface area (Å²) in [6, 6.07) is -0.867. The van der Waals surface area contributed by atoms with Crippen LogP contribution in [0.2, 0.25) is 0 Å². The fraction of sp³-hybridized carbons (Fsp3) is 0.867. The first-order valence-electron chi connectivity index (χ1n) is 7.42. The molecule has 0 saturated heterocycles. The van der Waals surface area contributed by atoms with Gasteiger partial charge >= 0.3 is 5.97 Å². The Morgan fingerprint density at radius 1 is 1.25 bits per heavy atom. The largest absolute Gasteiger partial charge is 0.480 e. The number of carbonyl (C=O) groups excluding carboxylic acids is 1. The van der Waals surface area contributed by atoms with Crippen LogP contribution in [0, 0.1) is 10.8 Å². The third-order valence-corrected chi connectivity index (χ3v) is 4.30. The number of amides is 1. The average Bonchev–Trinajstić information content (AvgIpc) is 2.35. The molecule has 1 atom stereocenters. The molecule has 0 aromatic heterocycles. The number of nitrogens with two attached hydrogens (primary N) is 1. The topological polar surface area (TPSA) is 92.4 Å². The minimum Gasteiger partial charge on any atom is -0.480 e. The van der Waals surface area contributed by atoms with Crippen molar-refractivity contribution in [2.24, 2.45) is 16.6 Å². The van der Waals surface area contributed by atoms with Gasteiger partial charge in [-0.2, -0.15) is 0 Å². The van der Waals surface area contributed by atoms with E-state index in [-0.39, 0.29) is 11.3 Å². The van der Waals surface area contributed by atoms with Crippen molar-refractivity contribution in [1.82, 2.24) is 5.32 Å². The molecule has 0 aliphatic heterocycles. The number of hydrogen-bond acceptors (Lipinski definition) is 3. The van der Waals surface area contributed by atoms with Gasteiger partial charge in [0.1, 0.15) is 6.04 Å². The molecule has 5 heteroatoms. The predicted molar refractivity (Wildman–Crippen MR) is 78.2 cm³/mol. The highest BCUT2D eigenvalue weighted by molar-refractivity contribution is 5.84. The van der Waals surface area contributed by atoms with Gasteiger partial charge in [0.15, 0.2) is 0 Å². The highest BCUT2D eigenvalue weighted by Gasteiger charge is 2.36. The summed E-state index contributed by atoms with van der Waals surface area (Å²) in [6.45, 7) is 5.93. The van der Waals surface area contributed by atoms with Crippen LogP contribution < -0.4 is 11.1 Å². The van der Waals surface area contributed by atoms with Crippen molar-refractivity contribution in [3.63, 3.8) is 0 Å². The lowest BCUT2D eigenvalue weighted by atomic mass is 9.71. The zero-order valence-electron chi connectivity index (χ0n) is 12.9. The zero-order chi connectivity index (χ0) is 15.4. The van der Waals surface area contributed by atoms with Gasteiger partial charge in [-0.15, -0.1) is 0 Å². The van der Waals surface area contributed by atoms with E-state index in [1.165, 1.54) is 6.42 Å². The van der Waals surface area contributed by atoms with Crippen LogP contribution in [0.1, 0.15) is 59.3 Å². The van der Waals surface area contributed by atoms with Gasteiger partial charge in [-0.3, -0.25) is 4.79 Å². The summed E-state index contributed by atoms with van der Waals surface area (Å²) >= 11 is 0. The molecule has 116 valence electrons. The number of hydrogen-bond donors (Lipinski definition) is 3. The quantitative estimate of drug-likeness (QED) is 0.719. The maximum Gasteiger partial charge on any atom is 0.326 e. The Bertz CT molecular complexity index is 355. The van der Waals surface area contributed by atoms with Gasteiger partial charge < -0.3 is 16.2 Å². The lowest BCUT2D eigenvalue weighted by Gasteiger charge is -2.36. The smallest absolute Gasteiger partial charge is 0.326 e. The Labute approximate surface area is 121 Å². The van der Waals surface area contributed by atoms with Gasteiger partial charge in [-0.05, 0) is 30.2 Å². The van der Waals surface area contributed by atoms with Crippen LogP contribution in [0.15, 0.2) is 0 Å². The van der Waals surface area contributed by atoms with Crippen LogP contribution in [0.5, 0.6) is 0 Å². The van der Waals surface area contributed by atoms with Crippen molar-refractivity contribution in [2.75, 3.05) is 6.54 Å². The van der Waals surface area contributed by atoms with E-state index in [1.54, 1.807) is 0 Å². The van der Waals surface area contributed by atoms with Crippen molar-refractivity contribution in [2.45, 2.75) is 65.3 Å². The third-order valence-electron chi connectivity index (χ3n) is 4.30. The van der Waals surface area contributed by atoms with Crippen LogP contribution in [-0.2, 0) is 9.59 Å². The molecule has 5 nitrogen and oxygen atoms in total. The highest BCUT2D eigenvalue weighted by atomic mass is 16.4. The van der Waals surface area contributed by atoms with E-state index in [2.05, 4.69) is 5.32 Å². The third kappa shape index (κ3) is 4.47. The van der Waals surface area contributed by atoms with E-state index in [0.29, 0.717) is 13.0 Å². The summed E-state index contributed by atoms with van der Waals surface area (Å²) in [5.74, 6) is -1.18. The second-order valence-corrected chi connectivity index (χ2v) is 7.15. The van der Waals surface area contributed by atoms with E-state index in [4.69, 9.17) is 5.73 Å². The number of aliphatic carboxylic acids is 1. The van der Waals surface area contributed by atoms with Crippen LogP contribution in [-0.4, -0.2) is 29.6 Å². The SMILES string of the molecule is CC(C)(C)C(NC(=O)CC1(CN)CCCCC1)C(=O)O. The number of carbonyl (C=O) groups is 2. The highest BCUT2D eigenvalue weighted by Crippen LogP contribution is 2.38. The van der Waals surface area contributed by atoms with Gasteiger partial charge in [-0.1, -0.05) is 40.0 Å². The molecule has 1 unspecified atom stereocenters. The Hall–Kier alpha value is -1.10. The van der Waals surface area contributed by atoms with E-state index in [9.17, 15) is 14.7 Å². The van der Waals surface area contributed by atoms with E-state index >= 15 is 0 Å². The maximum absolute atomic E-state index is 12.2. The molecule has 1 rings (SSSR count). The van der Waals surface area contributed by atoms with Crippen molar-refractivity contribution >= 4 is 11.9 Å². The van der Waals surface area contributed by atoms with Crippen LogP contribution >= 0.6 is 0 Å². The molecule has 1 saturated carbocycles. The molecule has 0 heterocycles. The molecule has 1 aliphatic carbocycles. The molecule has 0 aromatic carbocycles. The standard InChI is InChI=1S/C15H28N2O3/c1-14(2,3)12(13(19)20)17-11(18)9-15(10-16)7-5-4-6-8-15/h12H,4-10,16H2,1-3H3,(H,17,18)(H,19,20). The second-order valence-electron chi connectivity index (χ2n) is 7.15. The van der Waals surface area contributed by atoms with Gasteiger partial charge in [0.25, 0.3) is 0 Å². The first-order valence-corrected chi connectivity index (χ1v) is 7.42. The Balaban J connectivity index is 2.67. The minimum absolute atomic E-state index is 0.136. The molecule has 1 fully saturated rings. The van der Waals surface area contributed by atoms with Crippen molar-refractivity contribution in [1.29, 1.82) is 0 Å². The molecular weight excluding hydrogens is 256 g/mol. The first-order chi connectivity index (χ1) is 9.20. The summed E-state index contributed by atoms with van der Waals surface area (Å²) in [7, 11) is 0. The van der Waals surface area contributed by atoms with Gasteiger partial charge in [-0.25, -0.2) is 4.79 Å². The number of carboxylic acid groups (broad SMARTS) is 1. The van der Waals surface area contributed by atoms with E-state index < -0.39 is 17.4 Å². The predicted octanol–water partition coefficient (Wildman–Crippen LogP) is 1.90. The van der Waals surface area contributed by atoms with Crippen molar-refractivity contribution in [3.8, 4) is 0 Å². The Morgan fingerprint density at radius 2 is 1.80 bits per heavy atom. The summed E-state index contributed by atoms with van der Waals surface area (Å²) in [6.07, 6.45) is 5.67. The maximum atomic E-state index is 12.2. The van der Waals surface area contributed by atoms with Crippen LogP contribution in [0.4, 0.5) is 0 Å². The molecule has 1 amide bonds.